The van der Waals surface area contributed by atoms with Gasteiger partial charge in [-0.15, -0.1) is 0 Å². The molecule has 0 N–H and O–H groups in total. The first-order valence-electron chi connectivity index (χ1n) is 5.73. The van der Waals surface area contributed by atoms with Crippen LogP contribution in [0.5, 0.6) is 0 Å². The second kappa shape index (κ2) is 3.01. The van der Waals surface area contributed by atoms with Crippen LogP contribution in [0, 0.1) is 23.8 Å². The van der Waals surface area contributed by atoms with Crippen molar-refractivity contribution in [1.29, 1.82) is 0 Å². The molecule has 0 aromatic heterocycles. The van der Waals surface area contributed by atoms with Crippen LogP contribution >= 0.6 is 0 Å². The predicted octanol–water partition coefficient (Wildman–Crippen LogP) is 3.50. The van der Waals surface area contributed by atoms with E-state index < -0.39 is 0 Å². The van der Waals surface area contributed by atoms with Crippen LogP contribution in [-0.4, -0.2) is 0 Å². The van der Waals surface area contributed by atoms with E-state index in [2.05, 4.69) is 18.2 Å². The molecule has 3 rings (SSSR count). The van der Waals surface area contributed by atoms with Gasteiger partial charge in [-0.05, 0) is 62.4 Å². The SMILES string of the molecule is [C]1=C(C2C=CCCC2)C2CCC1C2. The number of hydrogen-bond donors (Lipinski definition) is 0. The molecule has 0 heterocycles. The van der Waals surface area contributed by atoms with Gasteiger partial charge < -0.3 is 0 Å². The summed E-state index contributed by atoms with van der Waals surface area (Å²) in [5.41, 5.74) is 1.69. The van der Waals surface area contributed by atoms with Crippen LogP contribution in [0.4, 0.5) is 0 Å². The first kappa shape index (κ1) is 7.84. The number of rotatable bonds is 1. The van der Waals surface area contributed by atoms with Crippen LogP contribution in [-0.2, 0) is 0 Å². The highest BCUT2D eigenvalue weighted by Gasteiger charge is 2.35. The molecule has 3 atom stereocenters. The van der Waals surface area contributed by atoms with E-state index in [1.807, 2.05) is 0 Å². The third-order valence-corrected chi connectivity index (χ3v) is 3.90. The van der Waals surface area contributed by atoms with Gasteiger partial charge in [-0.2, -0.15) is 0 Å². The van der Waals surface area contributed by atoms with Crippen molar-refractivity contribution in [3.05, 3.63) is 23.8 Å². The minimum absolute atomic E-state index is 0.782. The molecule has 0 spiro atoms. The molecule has 0 aromatic rings. The van der Waals surface area contributed by atoms with Gasteiger partial charge in [0.25, 0.3) is 0 Å². The van der Waals surface area contributed by atoms with E-state index in [4.69, 9.17) is 0 Å². The van der Waals surface area contributed by atoms with Crippen molar-refractivity contribution in [2.24, 2.45) is 17.8 Å². The van der Waals surface area contributed by atoms with Crippen molar-refractivity contribution in [2.75, 3.05) is 0 Å². The molecule has 0 amide bonds. The average molecular weight is 173 g/mol. The van der Waals surface area contributed by atoms with E-state index in [1.165, 1.54) is 38.5 Å². The maximum atomic E-state index is 3.73. The van der Waals surface area contributed by atoms with Gasteiger partial charge in [-0.3, -0.25) is 0 Å². The maximum Gasteiger partial charge on any atom is -0.00144 e. The lowest BCUT2D eigenvalue weighted by molar-refractivity contribution is 0.521. The molecule has 0 nitrogen and oxygen atoms in total. The Hall–Kier alpha value is -0.520. The minimum atomic E-state index is 0.782. The Morgan fingerprint density at radius 3 is 2.85 bits per heavy atom. The van der Waals surface area contributed by atoms with E-state index in [9.17, 15) is 0 Å². The molecular formula is C13H17. The van der Waals surface area contributed by atoms with E-state index >= 15 is 0 Å². The highest BCUT2D eigenvalue weighted by atomic mass is 14.4. The Kier molecular flexibility index (Phi) is 1.81. The molecule has 3 aliphatic rings. The van der Waals surface area contributed by atoms with Gasteiger partial charge in [0, 0.05) is 0 Å². The first-order valence-corrected chi connectivity index (χ1v) is 5.73. The Balaban J connectivity index is 1.81. The summed E-state index contributed by atoms with van der Waals surface area (Å²) in [6, 6.07) is 0. The smallest absolute Gasteiger partial charge is 0.00144 e. The summed E-state index contributed by atoms with van der Waals surface area (Å²) >= 11 is 0. The predicted molar refractivity (Wildman–Crippen MR) is 54.1 cm³/mol. The summed E-state index contributed by atoms with van der Waals surface area (Å²) < 4.78 is 0. The van der Waals surface area contributed by atoms with Crippen molar-refractivity contribution >= 4 is 0 Å². The van der Waals surface area contributed by atoms with E-state index in [-0.39, 0.29) is 0 Å². The van der Waals surface area contributed by atoms with E-state index in [0.717, 1.165) is 17.8 Å². The van der Waals surface area contributed by atoms with Gasteiger partial charge >= 0.3 is 0 Å². The summed E-state index contributed by atoms with van der Waals surface area (Å²) in [4.78, 5) is 0. The van der Waals surface area contributed by atoms with Crippen LogP contribution in [0.1, 0.15) is 38.5 Å². The average Bonchev–Trinajstić information content (AvgIpc) is 2.80. The molecule has 69 valence electrons. The summed E-state index contributed by atoms with van der Waals surface area (Å²) in [5.74, 6) is 2.55. The molecule has 13 heavy (non-hydrogen) atoms. The molecule has 1 radical (unpaired) electrons. The van der Waals surface area contributed by atoms with Crippen molar-refractivity contribution < 1.29 is 0 Å². The molecule has 0 aliphatic heterocycles. The fourth-order valence-corrected chi connectivity index (χ4v) is 3.23. The van der Waals surface area contributed by atoms with Crippen molar-refractivity contribution in [1.82, 2.24) is 0 Å². The highest BCUT2D eigenvalue weighted by molar-refractivity contribution is 5.22. The molecule has 3 unspecified atom stereocenters. The van der Waals surface area contributed by atoms with E-state index in [1.54, 1.807) is 5.57 Å². The van der Waals surface area contributed by atoms with E-state index in [0.29, 0.717) is 0 Å². The lowest BCUT2D eigenvalue weighted by atomic mass is 9.82. The molecule has 0 heteroatoms. The third kappa shape index (κ3) is 1.27. The zero-order chi connectivity index (χ0) is 8.67. The first-order chi connectivity index (χ1) is 6.43. The molecule has 0 aromatic carbocycles. The summed E-state index contributed by atoms with van der Waals surface area (Å²) in [7, 11) is 0. The maximum absolute atomic E-state index is 3.73. The Labute approximate surface area is 80.7 Å². The quantitative estimate of drug-likeness (QED) is 0.532. The summed E-state index contributed by atoms with van der Waals surface area (Å²) in [6.07, 6.45) is 16.9. The van der Waals surface area contributed by atoms with Crippen LogP contribution in [0.15, 0.2) is 17.7 Å². The molecule has 1 fully saturated rings. The normalized spacial score (nSPS) is 42.5. The number of fused-ring (bicyclic) bond motifs is 2. The Bertz CT molecular complexity index is 259. The monoisotopic (exact) mass is 173 g/mol. The van der Waals surface area contributed by atoms with Gasteiger partial charge in [0.1, 0.15) is 0 Å². The van der Waals surface area contributed by atoms with Gasteiger partial charge in [0.2, 0.25) is 0 Å². The second-order valence-corrected chi connectivity index (χ2v) is 4.77. The van der Waals surface area contributed by atoms with Crippen LogP contribution < -0.4 is 0 Å². The lowest BCUT2D eigenvalue weighted by Crippen LogP contribution is -2.10. The minimum Gasteiger partial charge on any atom is -0.0879 e. The largest absolute Gasteiger partial charge is 0.0879 e. The topological polar surface area (TPSA) is 0 Å². The van der Waals surface area contributed by atoms with Crippen molar-refractivity contribution in [3.63, 3.8) is 0 Å². The number of hydrogen-bond acceptors (Lipinski definition) is 0. The fourth-order valence-electron chi connectivity index (χ4n) is 3.23. The van der Waals surface area contributed by atoms with Gasteiger partial charge in [0.05, 0.1) is 0 Å². The van der Waals surface area contributed by atoms with Crippen LogP contribution in [0.25, 0.3) is 0 Å². The van der Waals surface area contributed by atoms with Crippen LogP contribution in [0.3, 0.4) is 0 Å². The van der Waals surface area contributed by atoms with Gasteiger partial charge in [-0.25, -0.2) is 0 Å². The Morgan fingerprint density at radius 1 is 1.23 bits per heavy atom. The highest BCUT2D eigenvalue weighted by Crippen LogP contribution is 2.47. The Morgan fingerprint density at radius 2 is 2.23 bits per heavy atom. The zero-order valence-corrected chi connectivity index (χ0v) is 8.13. The zero-order valence-electron chi connectivity index (χ0n) is 8.13. The molecule has 0 saturated heterocycles. The standard InChI is InChI=1S/C13H17/c1-2-4-11(5-3-1)13-9-10-6-7-12(13)8-10/h2,4,10-12H,1,3,5-8H2. The number of allylic oxidation sites excluding steroid dienone is 4. The van der Waals surface area contributed by atoms with Crippen LogP contribution in [0.2, 0.25) is 0 Å². The molecule has 1 saturated carbocycles. The van der Waals surface area contributed by atoms with Crippen molar-refractivity contribution in [2.45, 2.75) is 38.5 Å². The van der Waals surface area contributed by atoms with Gasteiger partial charge in [0.15, 0.2) is 0 Å². The third-order valence-electron chi connectivity index (χ3n) is 3.90. The summed E-state index contributed by atoms with van der Waals surface area (Å²) in [5, 5.41) is 0. The molecule has 2 bridgehead atoms. The second-order valence-electron chi connectivity index (χ2n) is 4.77. The summed E-state index contributed by atoms with van der Waals surface area (Å²) in [6.45, 7) is 0. The molecule has 3 aliphatic carbocycles. The van der Waals surface area contributed by atoms with Gasteiger partial charge in [-0.1, -0.05) is 17.7 Å². The fraction of sp³-hybridized carbons (Fsp3) is 0.692. The van der Waals surface area contributed by atoms with Crippen molar-refractivity contribution in [3.8, 4) is 0 Å². The molecular weight excluding hydrogens is 156 g/mol. The lowest BCUT2D eigenvalue weighted by Gasteiger charge is -2.23.